The molecule has 0 unspecified atom stereocenters. The van der Waals surface area contributed by atoms with Gasteiger partial charge in [-0.15, -0.1) is 0 Å². The number of carbonyl (C=O) groups excluding carboxylic acids is 2. The fourth-order valence-electron chi connectivity index (χ4n) is 3.06. The second kappa shape index (κ2) is 13.7. The minimum absolute atomic E-state index is 0.135. The average molecular weight is 491 g/mol. The van der Waals surface area contributed by atoms with E-state index in [0.717, 1.165) is 25.7 Å². The Bertz CT molecular complexity index is 1200. The molecule has 0 spiro atoms. The maximum absolute atomic E-state index is 12.5. The predicted molar refractivity (Wildman–Crippen MR) is 136 cm³/mol. The van der Waals surface area contributed by atoms with Crippen molar-refractivity contribution >= 4 is 11.9 Å². The molecule has 0 aromatic heterocycles. The SMILES string of the molecule is CCCCOc1ccc(C(=O)Oc2ccc(OC(=O)c3ccc(OCCCC)cc3)c(=O)cc2)cc1. The predicted octanol–water partition coefficient (Wildman–Crippen LogP) is 5.84. The first-order chi connectivity index (χ1) is 17.5. The summed E-state index contributed by atoms with van der Waals surface area (Å²) in [6.45, 7) is 5.38. The Labute approximate surface area is 210 Å². The van der Waals surface area contributed by atoms with Crippen LogP contribution in [0.5, 0.6) is 23.0 Å². The Morgan fingerprint density at radius 2 is 1.03 bits per heavy atom. The Balaban J connectivity index is 1.61. The van der Waals surface area contributed by atoms with E-state index in [9.17, 15) is 14.4 Å². The minimum atomic E-state index is -0.682. The second-order valence-electron chi connectivity index (χ2n) is 8.03. The van der Waals surface area contributed by atoms with Crippen molar-refractivity contribution in [2.75, 3.05) is 13.2 Å². The third kappa shape index (κ3) is 7.98. The van der Waals surface area contributed by atoms with Gasteiger partial charge in [-0.2, -0.15) is 0 Å². The smallest absolute Gasteiger partial charge is 0.343 e. The normalized spacial score (nSPS) is 10.4. The van der Waals surface area contributed by atoms with Crippen LogP contribution in [0.3, 0.4) is 0 Å². The zero-order chi connectivity index (χ0) is 25.8. The molecule has 36 heavy (non-hydrogen) atoms. The van der Waals surface area contributed by atoms with E-state index >= 15 is 0 Å². The molecule has 7 nitrogen and oxygen atoms in total. The highest BCUT2D eigenvalue weighted by Gasteiger charge is 2.12. The topological polar surface area (TPSA) is 88.1 Å². The molecule has 0 radical (unpaired) electrons. The summed E-state index contributed by atoms with van der Waals surface area (Å²) in [6, 6.07) is 18.4. The molecule has 0 aliphatic carbocycles. The van der Waals surface area contributed by atoms with Gasteiger partial charge < -0.3 is 18.9 Å². The van der Waals surface area contributed by atoms with Gasteiger partial charge in [0.05, 0.1) is 24.3 Å². The average Bonchev–Trinajstić information content (AvgIpc) is 3.06. The Kier molecular flexibility index (Phi) is 10.1. The standard InChI is InChI=1S/C29H30O7/c1-3-5-19-33-23-11-7-21(8-12-23)28(31)35-25-15-17-26(30)27(18-16-25)36-29(32)22-9-13-24(14-10-22)34-20-6-4-2/h7-18H,3-6,19-20H2,1-2H3. The number of carbonyl (C=O) groups is 2. The molecule has 0 fully saturated rings. The van der Waals surface area contributed by atoms with Crippen molar-refractivity contribution in [1.29, 1.82) is 0 Å². The highest BCUT2D eigenvalue weighted by Crippen LogP contribution is 2.18. The highest BCUT2D eigenvalue weighted by atomic mass is 16.5. The zero-order valence-electron chi connectivity index (χ0n) is 20.5. The second-order valence-corrected chi connectivity index (χ2v) is 8.03. The van der Waals surface area contributed by atoms with Gasteiger partial charge in [-0.05, 0) is 85.6 Å². The van der Waals surface area contributed by atoms with Gasteiger partial charge >= 0.3 is 11.9 Å². The maximum Gasteiger partial charge on any atom is 0.343 e. The summed E-state index contributed by atoms with van der Waals surface area (Å²) in [4.78, 5) is 37.4. The summed E-state index contributed by atoms with van der Waals surface area (Å²) in [5, 5.41) is 0. The summed E-state index contributed by atoms with van der Waals surface area (Å²) in [6.07, 6.45) is 3.96. The van der Waals surface area contributed by atoms with Crippen molar-refractivity contribution in [2.24, 2.45) is 0 Å². The van der Waals surface area contributed by atoms with Gasteiger partial charge in [0.15, 0.2) is 5.75 Å². The molecule has 3 aromatic carbocycles. The molecule has 0 bridgehead atoms. The van der Waals surface area contributed by atoms with E-state index in [1.807, 2.05) is 0 Å². The zero-order valence-corrected chi connectivity index (χ0v) is 20.5. The quantitative estimate of drug-likeness (QED) is 0.233. The molecule has 0 aliphatic rings. The summed E-state index contributed by atoms with van der Waals surface area (Å²) in [7, 11) is 0. The first-order valence-electron chi connectivity index (χ1n) is 12.0. The van der Waals surface area contributed by atoms with Crippen LogP contribution in [0.1, 0.15) is 60.2 Å². The monoisotopic (exact) mass is 490 g/mol. The summed E-state index contributed by atoms with van der Waals surface area (Å²) < 4.78 is 21.8. The van der Waals surface area contributed by atoms with Crippen molar-refractivity contribution in [3.8, 4) is 23.0 Å². The molecule has 3 rings (SSSR count). The molecule has 0 heterocycles. The van der Waals surface area contributed by atoms with Crippen LogP contribution < -0.4 is 24.4 Å². The van der Waals surface area contributed by atoms with E-state index in [4.69, 9.17) is 18.9 Å². The van der Waals surface area contributed by atoms with Crippen LogP contribution in [0, 0.1) is 0 Å². The van der Waals surface area contributed by atoms with E-state index < -0.39 is 17.4 Å². The Morgan fingerprint density at radius 1 is 0.583 bits per heavy atom. The summed E-state index contributed by atoms with van der Waals surface area (Å²) in [5.74, 6) is 0.00937. The third-order valence-corrected chi connectivity index (χ3v) is 5.17. The number of ether oxygens (including phenoxy) is 4. The molecule has 7 heteroatoms. The summed E-state index contributed by atoms with van der Waals surface area (Å²) >= 11 is 0. The number of esters is 2. The van der Waals surface area contributed by atoms with Gasteiger partial charge in [0, 0.05) is 0 Å². The molecular formula is C29H30O7. The summed E-state index contributed by atoms with van der Waals surface area (Å²) in [5.41, 5.74) is 0.0803. The van der Waals surface area contributed by atoms with Crippen LogP contribution in [-0.4, -0.2) is 25.2 Å². The molecule has 0 saturated carbocycles. The number of hydrogen-bond donors (Lipinski definition) is 0. The van der Waals surface area contributed by atoms with E-state index in [0.29, 0.717) is 30.3 Å². The van der Waals surface area contributed by atoms with E-state index in [2.05, 4.69) is 13.8 Å². The Morgan fingerprint density at radius 3 is 1.53 bits per heavy atom. The Hall–Kier alpha value is -4.13. The molecule has 188 valence electrons. The molecule has 0 N–H and O–H groups in total. The van der Waals surface area contributed by atoms with Crippen LogP contribution >= 0.6 is 0 Å². The van der Waals surface area contributed by atoms with E-state index in [1.54, 1.807) is 48.5 Å². The fourth-order valence-corrected chi connectivity index (χ4v) is 3.06. The largest absolute Gasteiger partial charge is 0.494 e. The van der Waals surface area contributed by atoms with Gasteiger partial charge in [0.1, 0.15) is 17.2 Å². The van der Waals surface area contributed by atoms with Gasteiger partial charge in [-0.1, -0.05) is 26.7 Å². The van der Waals surface area contributed by atoms with Crippen LogP contribution in [-0.2, 0) is 0 Å². The van der Waals surface area contributed by atoms with Gasteiger partial charge in [0.25, 0.3) is 0 Å². The lowest BCUT2D eigenvalue weighted by molar-refractivity contribution is 0.0722. The first-order valence-corrected chi connectivity index (χ1v) is 12.0. The molecular weight excluding hydrogens is 460 g/mol. The van der Waals surface area contributed by atoms with Crippen molar-refractivity contribution in [1.82, 2.24) is 0 Å². The van der Waals surface area contributed by atoms with Crippen molar-refractivity contribution in [3.63, 3.8) is 0 Å². The first kappa shape index (κ1) is 26.5. The molecule has 0 saturated heterocycles. The molecule has 0 aliphatic heterocycles. The van der Waals surface area contributed by atoms with Crippen LogP contribution in [0.2, 0.25) is 0 Å². The van der Waals surface area contributed by atoms with Crippen molar-refractivity contribution < 1.29 is 28.5 Å². The van der Waals surface area contributed by atoms with Crippen LogP contribution in [0.15, 0.2) is 77.6 Å². The van der Waals surface area contributed by atoms with Crippen LogP contribution in [0.4, 0.5) is 0 Å². The lowest BCUT2D eigenvalue weighted by Gasteiger charge is -2.07. The highest BCUT2D eigenvalue weighted by molar-refractivity contribution is 5.92. The number of rotatable bonds is 12. The fraction of sp³-hybridized carbons (Fsp3) is 0.276. The van der Waals surface area contributed by atoms with Gasteiger partial charge in [0.2, 0.25) is 5.43 Å². The number of hydrogen-bond acceptors (Lipinski definition) is 7. The molecule has 0 amide bonds. The van der Waals surface area contributed by atoms with Crippen molar-refractivity contribution in [2.45, 2.75) is 39.5 Å². The lowest BCUT2D eigenvalue weighted by atomic mass is 10.2. The third-order valence-electron chi connectivity index (χ3n) is 5.17. The minimum Gasteiger partial charge on any atom is -0.494 e. The van der Waals surface area contributed by atoms with Crippen molar-refractivity contribution in [3.05, 3.63) is 94.1 Å². The number of benzene rings is 2. The molecule has 0 atom stereocenters. The van der Waals surface area contributed by atoms with E-state index in [1.165, 1.54) is 24.3 Å². The van der Waals surface area contributed by atoms with E-state index in [-0.39, 0.29) is 17.1 Å². The van der Waals surface area contributed by atoms with Gasteiger partial charge in [-0.25, -0.2) is 9.59 Å². The van der Waals surface area contributed by atoms with Crippen LogP contribution in [0.25, 0.3) is 0 Å². The maximum atomic E-state index is 12.5. The molecule has 3 aromatic rings. The number of unbranched alkanes of at least 4 members (excludes halogenated alkanes) is 2. The lowest BCUT2D eigenvalue weighted by Crippen LogP contribution is -2.13. The van der Waals surface area contributed by atoms with Gasteiger partial charge in [-0.3, -0.25) is 4.79 Å².